The maximum absolute atomic E-state index is 12.9. The number of allylic oxidation sites excluding steroid dienone is 3. The molecule has 0 aromatic heterocycles. The van der Waals surface area contributed by atoms with Crippen LogP contribution in [0.25, 0.3) is 0 Å². The zero-order valence-electron chi connectivity index (χ0n) is 25.3. The Hall–Kier alpha value is -4.48. The third-order valence-corrected chi connectivity index (χ3v) is 6.41. The fourth-order valence-corrected chi connectivity index (χ4v) is 3.71. The molecule has 2 unspecified atom stereocenters. The number of halogens is 3. The average molecular weight is 601 g/mol. The number of amides is 3. The molecule has 2 atom stereocenters. The predicted octanol–water partition coefficient (Wildman–Crippen LogP) is 7.08. The number of anilines is 1. The Morgan fingerprint density at radius 1 is 1.00 bits per heavy atom. The lowest BCUT2D eigenvalue weighted by atomic mass is 10.1. The number of hydrogen-bond donors (Lipinski definition) is 2. The van der Waals surface area contributed by atoms with Gasteiger partial charge in [0.1, 0.15) is 6.54 Å². The highest BCUT2D eigenvalue weighted by Crippen LogP contribution is 2.27. The van der Waals surface area contributed by atoms with Crippen molar-refractivity contribution in [1.29, 1.82) is 0 Å². The fraction of sp³-hybridized carbons (Fsp3) is 0.387. The van der Waals surface area contributed by atoms with Crippen molar-refractivity contribution in [2.45, 2.75) is 66.7 Å². The van der Waals surface area contributed by atoms with Crippen LogP contribution >= 0.6 is 0 Å². The summed E-state index contributed by atoms with van der Waals surface area (Å²) in [6, 6.07) is 13.4. The zero-order valence-corrected chi connectivity index (χ0v) is 25.3. The lowest BCUT2D eigenvalue weighted by Gasteiger charge is -2.27. The number of benzene rings is 2. The maximum atomic E-state index is 12.9. The van der Waals surface area contributed by atoms with Gasteiger partial charge in [0.15, 0.2) is 0 Å². The van der Waals surface area contributed by atoms with E-state index < -0.39 is 23.9 Å². The molecule has 0 fully saturated rings. The van der Waals surface area contributed by atoms with Crippen LogP contribution < -0.4 is 10.6 Å². The van der Waals surface area contributed by atoms with Gasteiger partial charge in [-0.2, -0.15) is 18.2 Å². The minimum atomic E-state index is -4.38. The second-order valence-electron chi connectivity index (χ2n) is 9.59. The van der Waals surface area contributed by atoms with E-state index in [1.54, 1.807) is 55.5 Å². The van der Waals surface area contributed by atoms with Crippen molar-refractivity contribution in [2.75, 3.05) is 11.9 Å². The SMILES string of the molecule is C/C=C(\C=C/C(C)C(F)(F)F)N1N=NN(Cc2ccc(NC(=O)c3ccccc3C(=O)NC(C)CC)cc2)CC1=O.CC. The number of rotatable bonds is 10. The van der Waals surface area contributed by atoms with E-state index in [1.165, 1.54) is 17.2 Å². The van der Waals surface area contributed by atoms with Crippen molar-refractivity contribution in [3.05, 3.63) is 89.1 Å². The molecule has 1 heterocycles. The minimum absolute atomic E-state index is 0.0296. The van der Waals surface area contributed by atoms with Gasteiger partial charge in [0.25, 0.3) is 17.7 Å². The van der Waals surface area contributed by atoms with Crippen molar-refractivity contribution < 1.29 is 27.6 Å². The van der Waals surface area contributed by atoms with Crippen molar-refractivity contribution >= 4 is 23.4 Å². The molecule has 0 bridgehead atoms. The van der Waals surface area contributed by atoms with E-state index in [9.17, 15) is 27.6 Å². The second-order valence-corrected chi connectivity index (χ2v) is 9.59. The van der Waals surface area contributed by atoms with Gasteiger partial charge in [-0.25, -0.2) is 0 Å². The van der Waals surface area contributed by atoms with E-state index in [0.29, 0.717) is 5.69 Å². The first-order valence-electron chi connectivity index (χ1n) is 14.1. The molecule has 1 aliphatic heterocycles. The monoisotopic (exact) mass is 600 g/mol. The van der Waals surface area contributed by atoms with Gasteiger partial charge in [0.05, 0.1) is 29.3 Å². The molecule has 0 aliphatic carbocycles. The van der Waals surface area contributed by atoms with Gasteiger partial charge in [-0.1, -0.05) is 69.3 Å². The van der Waals surface area contributed by atoms with Gasteiger partial charge < -0.3 is 10.6 Å². The summed E-state index contributed by atoms with van der Waals surface area (Å²) in [7, 11) is 0. The van der Waals surface area contributed by atoms with Crippen molar-refractivity contribution in [3.8, 4) is 0 Å². The molecular weight excluding hydrogens is 561 g/mol. The van der Waals surface area contributed by atoms with E-state index in [1.807, 2.05) is 27.7 Å². The Morgan fingerprint density at radius 2 is 1.60 bits per heavy atom. The molecule has 2 N–H and O–H groups in total. The first-order valence-corrected chi connectivity index (χ1v) is 14.1. The summed E-state index contributed by atoms with van der Waals surface area (Å²) in [5.41, 5.74) is 2.01. The summed E-state index contributed by atoms with van der Waals surface area (Å²) in [6.07, 6.45) is 0.0255. The average Bonchev–Trinajstić information content (AvgIpc) is 2.99. The summed E-state index contributed by atoms with van der Waals surface area (Å²) in [6.45, 7) is 10.6. The van der Waals surface area contributed by atoms with Crippen LogP contribution in [-0.2, 0) is 11.3 Å². The van der Waals surface area contributed by atoms with E-state index in [2.05, 4.69) is 21.1 Å². The molecule has 9 nitrogen and oxygen atoms in total. The zero-order chi connectivity index (χ0) is 32.2. The molecule has 0 spiro atoms. The minimum Gasteiger partial charge on any atom is -0.350 e. The second kappa shape index (κ2) is 16.2. The van der Waals surface area contributed by atoms with Crippen LogP contribution in [0.15, 0.2) is 82.9 Å². The third kappa shape index (κ3) is 10.1. The number of alkyl halides is 3. The van der Waals surface area contributed by atoms with Gasteiger partial charge in [0.2, 0.25) is 0 Å². The topological polar surface area (TPSA) is 106 Å². The first-order chi connectivity index (χ1) is 20.4. The normalized spacial score (nSPS) is 15.1. The molecule has 43 heavy (non-hydrogen) atoms. The van der Waals surface area contributed by atoms with Gasteiger partial charge in [0, 0.05) is 11.7 Å². The number of carbonyl (C=O) groups is 3. The first kappa shape index (κ1) is 34.7. The van der Waals surface area contributed by atoms with Crippen LogP contribution in [0.1, 0.15) is 74.2 Å². The number of nitrogens with zero attached hydrogens (tertiary/aromatic N) is 4. The quantitative estimate of drug-likeness (QED) is 0.284. The van der Waals surface area contributed by atoms with Gasteiger partial charge in [-0.3, -0.25) is 19.4 Å². The van der Waals surface area contributed by atoms with Gasteiger partial charge in [-0.15, -0.1) is 0 Å². The molecule has 2 aromatic rings. The van der Waals surface area contributed by atoms with Gasteiger partial charge >= 0.3 is 6.18 Å². The van der Waals surface area contributed by atoms with Gasteiger partial charge in [-0.05, 0) is 61.4 Å². The summed E-state index contributed by atoms with van der Waals surface area (Å²) in [4.78, 5) is 38.2. The largest absolute Gasteiger partial charge is 0.394 e. The summed E-state index contributed by atoms with van der Waals surface area (Å²) < 4.78 is 38.4. The number of nitrogens with one attached hydrogen (secondary N) is 2. The van der Waals surface area contributed by atoms with Crippen LogP contribution in [0, 0.1) is 5.92 Å². The Bertz CT molecular complexity index is 1340. The van der Waals surface area contributed by atoms with E-state index >= 15 is 0 Å². The van der Waals surface area contributed by atoms with E-state index in [4.69, 9.17) is 0 Å². The Kier molecular flexibility index (Phi) is 13.1. The molecule has 3 rings (SSSR count). The smallest absolute Gasteiger partial charge is 0.350 e. The highest BCUT2D eigenvalue weighted by atomic mass is 19.4. The molecule has 232 valence electrons. The molecule has 2 aromatic carbocycles. The van der Waals surface area contributed by atoms with Crippen LogP contribution in [0.2, 0.25) is 0 Å². The lowest BCUT2D eigenvalue weighted by molar-refractivity contribution is -0.156. The molecule has 12 heteroatoms. The number of hydrogen-bond acceptors (Lipinski definition) is 6. The Labute approximate surface area is 250 Å². The highest BCUT2D eigenvalue weighted by Gasteiger charge is 2.34. The Morgan fingerprint density at radius 3 is 2.14 bits per heavy atom. The molecule has 3 amide bonds. The summed E-state index contributed by atoms with van der Waals surface area (Å²) in [5.74, 6) is -2.88. The van der Waals surface area contributed by atoms with Crippen molar-refractivity contribution in [3.63, 3.8) is 0 Å². The summed E-state index contributed by atoms with van der Waals surface area (Å²) >= 11 is 0. The summed E-state index contributed by atoms with van der Waals surface area (Å²) in [5, 5.41) is 16.0. The highest BCUT2D eigenvalue weighted by molar-refractivity contribution is 6.12. The molecule has 0 saturated carbocycles. The van der Waals surface area contributed by atoms with E-state index in [0.717, 1.165) is 30.0 Å². The molecule has 0 saturated heterocycles. The number of carbonyl (C=O) groups excluding carboxylic acids is 3. The fourth-order valence-electron chi connectivity index (χ4n) is 3.71. The Balaban J connectivity index is 0.00000316. The van der Waals surface area contributed by atoms with Crippen molar-refractivity contribution in [1.82, 2.24) is 15.3 Å². The third-order valence-electron chi connectivity index (χ3n) is 6.41. The maximum Gasteiger partial charge on any atom is 0.394 e. The predicted molar refractivity (Wildman–Crippen MR) is 160 cm³/mol. The lowest BCUT2D eigenvalue weighted by Crippen LogP contribution is -2.38. The molecular formula is C31H39F3N6O3. The molecule has 0 radical (unpaired) electrons. The van der Waals surface area contributed by atoms with Crippen LogP contribution in [0.4, 0.5) is 18.9 Å². The van der Waals surface area contributed by atoms with Crippen LogP contribution in [0.5, 0.6) is 0 Å². The van der Waals surface area contributed by atoms with Crippen LogP contribution in [0.3, 0.4) is 0 Å². The molecule has 1 aliphatic rings. The standard InChI is InChI=1S/C29H33F3N6O3.C2H6/c1-5-20(4)33-27(40)24-9-7-8-10-25(24)28(41)34-22-14-12-21(13-15-22)17-37-18-26(39)38(36-35-37)23(6-2)16-11-19(3)29(30,31)32;1-2/h6-16,19-20H,5,17-18H2,1-4H3,(H,33,40)(H,34,41);1-2H3/b16-11-,23-6+;. The van der Waals surface area contributed by atoms with Crippen molar-refractivity contribution in [2.24, 2.45) is 16.4 Å². The van der Waals surface area contributed by atoms with E-state index in [-0.39, 0.29) is 41.9 Å². The van der Waals surface area contributed by atoms with Crippen LogP contribution in [-0.4, -0.2) is 46.5 Å².